The quantitative estimate of drug-likeness (QED) is 0.189. The lowest BCUT2D eigenvalue weighted by molar-refractivity contribution is 0.0690. The molecular formula is C34H31N3O3. The number of benzene rings is 4. The molecule has 0 bridgehead atoms. The summed E-state index contributed by atoms with van der Waals surface area (Å²) in [6, 6.07) is 30.5. The molecule has 40 heavy (non-hydrogen) atoms. The Bertz CT molecular complexity index is 1830. The first-order valence-corrected chi connectivity index (χ1v) is 13.6. The molecule has 0 aliphatic heterocycles. The maximum absolute atomic E-state index is 12.3. The van der Waals surface area contributed by atoms with Crippen LogP contribution in [0.25, 0.3) is 32.8 Å². The van der Waals surface area contributed by atoms with E-state index in [2.05, 4.69) is 42.2 Å². The van der Waals surface area contributed by atoms with Gasteiger partial charge in [-0.3, -0.25) is 4.68 Å². The van der Waals surface area contributed by atoms with Gasteiger partial charge in [0.2, 0.25) is 0 Å². The number of aryl methyl sites for hydroxylation is 2. The SMILES string of the molecule is Cc1nn(Cc2ccccc2)c(C)c1-c1cccc2c(CCCOc3cccc4ccccc34)c(C(=O)O)[nH]c12. The molecule has 0 aliphatic carbocycles. The van der Waals surface area contributed by atoms with Crippen LogP contribution in [-0.2, 0) is 13.0 Å². The number of H-pyrrole nitrogens is 1. The standard InChI is InChI=1S/C34H31N3O3/c1-22-31(23(2)37(36-22)21-24-11-4-3-5-12-24)29-17-9-16-27-28(33(34(38)39)35-32(27)29)18-10-20-40-30-19-8-14-25-13-6-7-15-26(25)30/h3-9,11-17,19,35H,10,18,20-21H2,1-2H3,(H,38,39). The van der Waals surface area contributed by atoms with E-state index in [1.54, 1.807) is 0 Å². The van der Waals surface area contributed by atoms with Crippen molar-refractivity contribution in [1.82, 2.24) is 14.8 Å². The zero-order valence-electron chi connectivity index (χ0n) is 22.6. The van der Waals surface area contributed by atoms with Crippen LogP contribution in [0.5, 0.6) is 5.75 Å². The molecule has 6 rings (SSSR count). The van der Waals surface area contributed by atoms with Crippen molar-refractivity contribution < 1.29 is 14.6 Å². The lowest BCUT2D eigenvalue weighted by Gasteiger charge is -2.10. The second-order valence-corrected chi connectivity index (χ2v) is 10.1. The van der Waals surface area contributed by atoms with Crippen LogP contribution in [0.15, 0.2) is 91.0 Å². The molecule has 0 atom stereocenters. The first kappa shape index (κ1) is 25.4. The van der Waals surface area contributed by atoms with Crippen LogP contribution in [0.3, 0.4) is 0 Å². The molecule has 4 aromatic carbocycles. The van der Waals surface area contributed by atoms with E-state index in [9.17, 15) is 9.90 Å². The van der Waals surface area contributed by atoms with Gasteiger partial charge in [-0.05, 0) is 49.3 Å². The molecule has 6 nitrogen and oxygen atoms in total. The molecule has 2 heterocycles. The Morgan fingerprint density at radius 1 is 0.900 bits per heavy atom. The second-order valence-electron chi connectivity index (χ2n) is 10.1. The minimum atomic E-state index is -0.958. The molecule has 0 saturated carbocycles. The Morgan fingerprint density at radius 2 is 1.62 bits per heavy atom. The number of hydrogen-bond donors (Lipinski definition) is 2. The van der Waals surface area contributed by atoms with Crippen LogP contribution in [0.1, 0.15) is 39.4 Å². The van der Waals surface area contributed by atoms with Crippen molar-refractivity contribution in [2.24, 2.45) is 0 Å². The Hall–Kier alpha value is -4.84. The molecule has 0 saturated heterocycles. The first-order valence-electron chi connectivity index (χ1n) is 13.6. The molecule has 0 radical (unpaired) electrons. The van der Waals surface area contributed by atoms with E-state index in [0.29, 0.717) is 26.0 Å². The van der Waals surface area contributed by atoms with E-state index < -0.39 is 5.97 Å². The van der Waals surface area contributed by atoms with E-state index in [4.69, 9.17) is 9.84 Å². The summed E-state index contributed by atoms with van der Waals surface area (Å²) >= 11 is 0. The second kappa shape index (κ2) is 10.7. The molecule has 200 valence electrons. The van der Waals surface area contributed by atoms with Crippen LogP contribution in [0.2, 0.25) is 0 Å². The average Bonchev–Trinajstić information content (AvgIpc) is 3.48. The van der Waals surface area contributed by atoms with Crippen molar-refractivity contribution in [2.45, 2.75) is 33.2 Å². The maximum atomic E-state index is 12.3. The molecule has 0 fully saturated rings. The lowest BCUT2D eigenvalue weighted by atomic mass is 9.98. The highest BCUT2D eigenvalue weighted by atomic mass is 16.5. The van der Waals surface area contributed by atoms with Crippen molar-refractivity contribution in [3.63, 3.8) is 0 Å². The Kier molecular flexibility index (Phi) is 6.83. The Morgan fingerprint density at radius 3 is 2.45 bits per heavy atom. The number of carboxylic acids is 1. The summed E-state index contributed by atoms with van der Waals surface area (Å²) < 4.78 is 8.16. The van der Waals surface area contributed by atoms with Gasteiger partial charge in [0, 0.05) is 27.6 Å². The third-order valence-electron chi connectivity index (χ3n) is 7.56. The van der Waals surface area contributed by atoms with Gasteiger partial charge in [0.05, 0.1) is 24.4 Å². The molecule has 0 amide bonds. The number of fused-ring (bicyclic) bond motifs is 2. The van der Waals surface area contributed by atoms with E-state index in [0.717, 1.165) is 55.5 Å². The summed E-state index contributed by atoms with van der Waals surface area (Å²) in [6.45, 7) is 5.25. The average molecular weight is 530 g/mol. The minimum absolute atomic E-state index is 0.236. The normalized spacial score (nSPS) is 11.3. The van der Waals surface area contributed by atoms with E-state index in [-0.39, 0.29) is 5.69 Å². The smallest absolute Gasteiger partial charge is 0.352 e. The number of nitrogens with one attached hydrogen (secondary N) is 1. The van der Waals surface area contributed by atoms with Gasteiger partial charge in [-0.2, -0.15) is 5.10 Å². The largest absolute Gasteiger partial charge is 0.493 e. The highest BCUT2D eigenvalue weighted by Gasteiger charge is 2.22. The van der Waals surface area contributed by atoms with E-state index in [1.807, 2.05) is 72.3 Å². The van der Waals surface area contributed by atoms with Gasteiger partial charge in [-0.25, -0.2) is 4.79 Å². The molecule has 0 unspecified atom stereocenters. The first-order chi connectivity index (χ1) is 19.5. The van der Waals surface area contributed by atoms with Gasteiger partial charge >= 0.3 is 5.97 Å². The predicted octanol–water partition coefficient (Wildman–Crippen LogP) is 7.56. The fraction of sp³-hybridized carbons (Fsp3) is 0.176. The summed E-state index contributed by atoms with van der Waals surface area (Å²) in [7, 11) is 0. The van der Waals surface area contributed by atoms with Gasteiger partial charge in [0.25, 0.3) is 0 Å². The number of carbonyl (C=O) groups is 1. The van der Waals surface area contributed by atoms with Crippen molar-refractivity contribution >= 4 is 27.6 Å². The van der Waals surface area contributed by atoms with Gasteiger partial charge in [0.15, 0.2) is 0 Å². The summed E-state index contributed by atoms with van der Waals surface area (Å²) in [5, 5.41) is 18.0. The number of aromatic carboxylic acids is 1. The molecule has 6 heteroatoms. The van der Waals surface area contributed by atoms with E-state index >= 15 is 0 Å². The van der Waals surface area contributed by atoms with Gasteiger partial charge < -0.3 is 14.8 Å². The number of ether oxygens (including phenoxy) is 1. The molecule has 0 spiro atoms. The molecule has 2 N–H and O–H groups in total. The third kappa shape index (κ3) is 4.73. The monoisotopic (exact) mass is 529 g/mol. The summed E-state index contributed by atoms with van der Waals surface area (Å²) in [4.78, 5) is 15.6. The lowest BCUT2D eigenvalue weighted by Crippen LogP contribution is -2.04. The minimum Gasteiger partial charge on any atom is -0.493 e. The maximum Gasteiger partial charge on any atom is 0.352 e. The molecular weight excluding hydrogens is 498 g/mol. The molecule has 2 aromatic heterocycles. The van der Waals surface area contributed by atoms with Crippen molar-refractivity contribution in [3.05, 3.63) is 119 Å². The molecule has 0 aliphatic rings. The molecule has 6 aromatic rings. The number of aromatic amines is 1. The van der Waals surface area contributed by atoms with Gasteiger partial charge in [-0.1, -0.05) is 84.9 Å². The zero-order chi connectivity index (χ0) is 27.6. The van der Waals surface area contributed by atoms with Crippen LogP contribution < -0.4 is 4.74 Å². The van der Waals surface area contributed by atoms with E-state index in [1.165, 1.54) is 5.56 Å². The Balaban J connectivity index is 1.29. The van der Waals surface area contributed by atoms with Crippen LogP contribution in [-0.4, -0.2) is 32.4 Å². The highest BCUT2D eigenvalue weighted by Crippen LogP contribution is 2.36. The number of rotatable bonds is 9. The third-order valence-corrected chi connectivity index (χ3v) is 7.56. The van der Waals surface area contributed by atoms with Crippen LogP contribution >= 0.6 is 0 Å². The van der Waals surface area contributed by atoms with Crippen molar-refractivity contribution in [3.8, 4) is 16.9 Å². The summed E-state index contributed by atoms with van der Waals surface area (Å²) in [5.74, 6) is -0.114. The van der Waals surface area contributed by atoms with Crippen molar-refractivity contribution in [2.75, 3.05) is 6.61 Å². The fourth-order valence-electron chi connectivity index (χ4n) is 5.67. The Labute approximate surface area is 232 Å². The summed E-state index contributed by atoms with van der Waals surface area (Å²) in [5.41, 5.74) is 7.01. The fourth-order valence-corrected chi connectivity index (χ4v) is 5.67. The number of para-hydroxylation sites is 1. The summed E-state index contributed by atoms with van der Waals surface area (Å²) in [6.07, 6.45) is 1.27. The number of carboxylic acid groups (broad SMARTS) is 1. The predicted molar refractivity (Wildman–Crippen MR) is 159 cm³/mol. The highest BCUT2D eigenvalue weighted by molar-refractivity contribution is 6.03. The van der Waals surface area contributed by atoms with Crippen LogP contribution in [0, 0.1) is 13.8 Å². The van der Waals surface area contributed by atoms with Gasteiger partial charge in [0.1, 0.15) is 11.4 Å². The zero-order valence-corrected chi connectivity index (χ0v) is 22.6. The topological polar surface area (TPSA) is 80.1 Å². The van der Waals surface area contributed by atoms with Gasteiger partial charge in [-0.15, -0.1) is 0 Å². The van der Waals surface area contributed by atoms with Crippen LogP contribution in [0.4, 0.5) is 0 Å². The number of aromatic nitrogens is 3. The van der Waals surface area contributed by atoms with Crippen molar-refractivity contribution in [1.29, 1.82) is 0 Å². The number of hydrogen-bond acceptors (Lipinski definition) is 3. The number of nitrogens with zero attached hydrogens (tertiary/aromatic N) is 2.